The lowest BCUT2D eigenvalue weighted by Crippen LogP contribution is -2.43. The first kappa shape index (κ1) is 16.1. The molecular weight excluding hydrogens is 292 g/mol. The van der Waals surface area contributed by atoms with Gasteiger partial charge in [0.2, 0.25) is 0 Å². The van der Waals surface area contributed by atoms with E-state index in [1.54, 1.807) is 17.0 Å². The number of hydrogen-bond donors (Lipinski definition) is 1. The largest absolute Gasteiger partial charge is 0.483 e. The van der Waals surface area contributed by atoms with Gasteiger partial charge in [-0.15, -0.1) is 0 Å². The van der Waals surface area contributed by atoms with Gasteiger partial charge in [0.15, 0.2) is 6.61 Å². The normalized spacial score (nSPS) is 16.6. The number of amides is 1. The third kappa shape index (κ3) is 4.33. The molecule has 0 bridgehead atoms. The van der Waals surface area contributed by atoms with E-state index in [1.165, 1.54) is 0 Å². The van der Waals surface area contributed by atoms with Crippen molar-refractivity contribution in [2.24, 2.45) is 0 Å². The van der Waals surface area contributed by atoms with Crippen LogP contribution in [-0.4, -0.2) is 50.8 Å². The molecule has 5 nitrogen and oxygen atoms in total. The minimum Gasteiger partial charge on any atom is -0.483 e. The molecule has 1 saturated heterocycles. The van der Waals surface area contributed by atoms with Crippen molar-refractivity contribution in [1.29, 1.82) is 0 Å². The topological polar surface area (TPSA) is 50.8 Å². The van der Waals surface area contributed by atoms with Crippen LogP contribution < -0.4 is 10.1 Å². The highest BCUT2D eigenvalue weighted by atomic mass is 35.5. The number of nitrogens with zero attached hydrogens (tertiary/aromatic N) is 1. The minimum atomic E-state index is -0.0173. The summed E-state index contributed by atoms with van der Waals surface area (Å²) in [6.45, 7) is 4.49. The Kier molecular flexibility index (Phi) is 5.85. The number of rotatable bonds is 5. The molecule has 1 atom stereocenters. The minimum absolute atomic E-state index is 0.0173. The molecule has 1 heterocycles. The SMILES string of the molecule is CNC(C)c1cc(Cl)ccc1OCC(=O)N1CCOCC1. The fourth-order valence-corrected chi connectivity index (χ4v) is 2.37. The quantitative estimate of drug-likeness (QED) is 0.901. The number of morpholine rings is 1. The Labute approximate surface area is 130 Å². The molecule has 1 fully saturated rings. The summed E-state index contributed by atoms with van der Waals surface area (Å²) in [6, 6.07) is 5.52. The molecule has 2 rings (SSSR count). The van der Waals surface area contributed by atoms with Crippen LogP contribution in [0.1, 0.15) is 18.5 Å². The molecule has 1 amide bonds. The van der Waals surface area contributed by atoms with Crippen molar-refractivity contribution in [3.05, 3.63) is 28.8 Å². The summed E-state index contributed by atoms with van der Waals surface area (Å²) in [7, 11) is 1.87. The summed E-state index contributed by atoms with van der Waals surface area (Å²) in [5.74, 6) is 0.666. The second-order valence-electron chi connectivity index (χ2n) is 4.97. The molecule has 0 radical (unpaired) electrons. The van der Waals surface area contributed by atoms with Crippen molar-refractivity contribution in [3.8, 4) is 5.75 Å². The average molecular weight is 313 g/mol. The van der Waals surface area contributed by atoms with Gasteiger partial charge >= 0.3 is 0 Å². The second kappa shape index (κ2) is 7.64. The van der Waals surface area contributed by atoms with E-state index in [0.717, 1.165) is 5.56 Å². The highest BCUT2D eigenvalue weighted by Crippen LogP contribution is 2.28. The Hall–Kier alpha value is -1.30. The van der Waals surface area contributed by atoms with E-state index in [1.807, 2.05) is 20.0 Å². The molecule has 21 heavy (non-hydrogen) atoms. The van der Waals surface area contributed by atoms with Crippen molar-refractivity contribution < 1.29 is 14.3 Å². The molecule has 0 aromatic heterocycles. The Morgan fingerprint density at radius 2 is 2.19 bits per heavy atom. The first-order valence-corrected chi connectivity index (χ1v) is 7.44. The van der Waals surface area contributed by atoms with E-state index >= 15 is 0 Å². The van der Waals surface area contributed by atoms with Crippen LogP contribution in [0.5, 0.6) is 5.75 Å². The summed E-state index contributed by atoms with van der Waals surface area (Å²) in [4.78, 5) is 13.9. The zero-order valence-corrected chi connectivity index (χ0v) is 13.2. The van der Waals surface area contributed by atoms with Gasteiger partial charge < -0.3 is 19.7 Å². The molecule has 116 valence electrons. The maximum absolute atomic E-state index is 12.1. The van der Waals surface area contributed by atoms with Crippen LogP contribution in [0.2, 0.25) is 5.02 Å². The lowest BCUT2D eigenvalue weighted by Gasteiger charge is -2.27. The summed E-state index contributed by atoms with van der Waals surface area (Å²) in [5.41, 5.74) is 0.944. The van der Waals surface area contributed by atoms with E-state index < -0.39 is 0 Å². The number of carbonyl (C=O) groups is 1. The Balaban J connectivity index is 2.00. The van der Waals surface area contributed by atoms with Gasteiger partial charge in [0, 0.05) is 29.7 Å². The molecule has 0 saturated carbocycles. The van der Waals surface area contributed by atoms with Crippen LogP contribution in [0.4, 0.5) is 0 Å². The number of carbonyl (C=O) groups excluding carboxylic acids is 1. The predicted molar refractivity (Wildman–Crippen MR) is 81.8 cm³/mol. The highest BCUT2D eigenvalue weighted by Gasteiger charge is 2.18. The second-order valence-corrected chi connectivity index (χ2v) is 5.41. The van der Waals surface area contributed by atoms with Gasteiger partial charge in [0.05, 0.1) is 13.2 Å². The highest BCUT2D eigenvalue weighted by molar-refractivity contribution is 6.30. The van der Waals surface area contributed by atoms with Crippen molar-refractivity contribution in [3.63, 3.8) is 0 Å². The smallest absolute Gasteiger partial charge is 0.260 e. The maximum atomic E-state index is 12.1. The lowest BCUT2D eigenvalue weighted by molar-refractivity contribution is -0.137. The van der Waals surface area contributed by atoms with Crippen molar-refractivity contribution in [2.75, 3.05) is 40.0 Å². The van der Waals surface area contributed by atoms with E-state index in [9.17, 15) is 4.79 Å². The third-order valence-electron chi connectivity index (χ3n) is 3.59. The molecule has 1 N–H and O–H groups in total. The molecule has 6 heteroatoms. The monoisotopic (exact) mass is 312 g/mol. The molecule has 1 aliphatic heterocycles. The number of ether oxygens (including phenoxy) is 2. The Morgan fingerprint density at radius 3 is 2.86 bits per heavy atom. The summed E-state index contributed by atoms with van der Waals surface area (Å²) < 4.78 is 10.9. The molecule has 1 unspecified atom stereocenters. The average Bonchev–Trinajstić information content (AvgIpc) is 2.53. The lowest BCUT2D eigenvalue weighted by atomic mass is 10.1. The fraction of sp³-hybridized carbons (Fsp3) is 0.533. The molecule has 1 aliphatic rings. The van der Waals surface area contributed by atoms with Crippen LogP contribution in [0.25, 0.3) is 0 Å². The van der Waals surface area contributed by atoms with E-state index in [2.05, 4.69) is 5.32 Å². The first-order chi connectivity index (χ1) is 10.1. The van der Waals surface area contributed by atoms with Crippen LogP contribution in [0.15, 0.2) is 18.2 Å². The van der Waals surface area contributed by atoms with Crippen LogP contribution >= 0.6 is 11.6 Å². The van der Waals surface area contributed by atoms with Crippen LogP contribution in [-0.2, 0) is 9.53 Å². The maximum Gasteiger partial charge on any atom is 0.260 e. The van der Waals surface area contributed by atoms with Gasteiger partial charge in [-0.3, -0.25) is 4.79 Å². The Bertz CT molecular complexity index is 490. The zero-order valence-electron chi connectivity index (χ0n) is 12.4. The van der Waals surface area contributed by atoms with E-state index in [-0.39, 0.29) is 18.6 Å². The first-order valence-electron chi connectivity index (χ1n) is 7.07. The van der Waals surface area contributed by atoms with Crippen molar-refractivity contribution in [2.45, 2.75) is 13.0 Å². The molecule has 0 spiro atoms. The summed E-state index contributed by atoms with van der Waals surface area (Å²) >= 11 is 6.03. The van der Waals surface area contributed by atoms with Gasteiger partial charge in [-0.05, 0) is 32.2 Å². The number of halogens is 1. The van der Waals surface area contributed by atoms with E-state index in [0.29, 0.717) is 37.1 Å². The Morgan fingerprint density at radius 1 is 1.48 bits per heavy atom. The predicted octanol–water partition coefficient (Wildman–Crippen LogP) is 1.86. The van der Waals surface area contributed by atoms with Crippen molar-refractivity contribution >= 4 is 17.5 Å². The van der Waals surface area contributed by atoms with Gasteiger partial charge in [-0.1, -0.05) is 11.6 Å². The molecular formula is C15H21ClN2O3. The van der Waals surface area contributed by atoms with Gasteiger partial charge in [0.1, 0.15) is 5.75 Å². The van der Waals surface area contributed by atoms with Crippen molar-refractivity contribution in [1.82, 2.24) is 10.2 Å². The van der Waals surface area contributed by atoms with Gasteiger partial charge in [-0.25, -0.2) is 0 Å². The summed E-state index contributed by atoms with van der Waals surface area (Å²) in [5, 5.41) is 3.80. The van der Waals surface area contributed by atoms with Gasteiger partial charge in [-0.2, -0.15) is 0 Å². The van der Waals surface area contributed by atoms with Crippen LogP contribution in [0.3, 0.4) is 0 Å². The number of nitrogens with one attached hydrogen (secondary N) is 1. The van der Waals surface area contributed by atoms with Crippen LogP contribution in [0, 0.1) is 0 Å². The fourth-order valence-electron chi connectivity index (χ4n) is 2.19. The number of benzene rings is 1. The van der Waals surface area contributed by atoms with E-state index in [4.69, 9.17) is 21.1 Å². The zero-order chi connectivity index (χ0) is 15.2. The standard InChI is InChI=1S/C15H21ClN2O3/c1-11(17-2)13-9-12(16)3-4-14(13)21-10-15(19)18-5-7-20-8-6-18/h3-4,9,11,17H,5-8,10H2,1-2H3. The molecule has 0 aliphatic carbocycles. The molecule has 1 aromatic rings. The number of hydrogen-bond acceptors (Lipinski definition) is 4. The summed E-state index contributed by atoms with van der Waals surface area (Å²) in [6.07, 6.45) is 0. The van der Waals surface area contributed by atoms with Gasteiger partial charge in [0.25, 0.3) is 5.91 Å². The molecule has 1 aromatic carbocycles. The third-order valence-corrected chi connectivity index (χ3v) is 3.82.